The first-order valence-electron chi connectivity index (χ1n) is 19.1. The Kier molecular flexibility index (Phi) is 36.9. The van der Waals surface area contributed by atoms with E-state index in [1.165, 1.54) is 205 Å². The van der Waals surface area contributed by atoms with Gasteiger partial charge in [0.05, 0.1) is 6.61 Å². The van der Waals surface area contributed by atoms with Crippen molar-refractivity contribution in [1.29, 1.82) is 0 Å². The van der Waals surface area contributed by atoms with E-state index >= 15 is 0 Å². The Morgan fingerprint density at radius 3 is 0.875 bits per heavy atom. The van der Waals surface area contributed by atoms with E-state index in [9.17, 15) is 0 Å². The maximum Gasteiger partial charge on any atom is 0.0588 e. The molecule has 0 aliphatic rings. The molecule has 40 heavy (non-hydrogen) atoms. The van der Waals surface area contributed by atoms with Crippen LogP contribution in [0.1, 0.15) is 219 Å². The Labute approximate surface area is 255 Å². The molecule has 0 fully saturated rings. The van der Waals surface area contributed by atoms with E-state index in [1.54, 1.807) is 0 Å². The predicted molar refractivity (Wildman–Crippen MR) is 182 cm³/mol. The molecule has 0 saturated carbocycles. The van der Waals surface area contributed by atoms with E-state index in [2.05, 4.69) is 13.8 Å². The van der Waals surface area contributed by atoms with Crippen molar-refractivity contribution >= 4 is 0 Å². The zero-order valence-corrected chi connectivity index (χ0v) is 28.3. The van der Waals surface area contributed by atoms with Crippen LogP contribution in [0.15, 0.2) is 0 Å². The van der Waals surface area contributed by atoms with E-state index in [1.807, 2.05) is 0 Å². The van der Waals surface area contributed by atoms with Gasteiger partial charge < -0.3 is 10.5 Å². The lowest BCUT2D eigenvalue weighted by atomic mass is 9.94. The summed E-state index contributed by atoms with van der Waals surface area (Å²) in [6, 6.07) is 0. The fraction of sp³-hybridized carbons (Fsp3) is 1.00. The average Bonchev–Trinajstić information content (AvgIpc) is 2.96. The van der Waals surface area contributed by atoms with Crippen molar-refractivity contribution in [3.05, 3.63) is 0 Å². The van der Waals surface area contributed by atoms with Gasteiger partial charge in [0.1, 0.15) is 0 Å². The third kappa shape index (κ3) is 34.1. The van der Waals surface area contributed by atoms with Gasteiger partial charge in [0.25, 0.3) is 0 Å². The number of rotatable bonds is 36. The van der Waals surface area contributed by atoms with E-state index in [0.717, 1.165) is 19.1 Å². The largest absolute Gasteiger partial charge is 0.380 e. The molecule has 0 aliphatic heterocycles. The standard InChI is InChI=1S/C38H79NO/c1-3-5-7-9-11-13-15-17-19-20-22-24-26-28-30-32-34-38(37-40-36-35-39)33-31-29-27-25-23-21-18-16-14-12-10-8-6-4-2/h38H,3-37,39H2,1-2H3. The molecule has 0 aliphatic carbocycles. The highest BCUT2D eigenvalue weighted by atomic mass is 16.5. The van der Waals surface area contributed by atoms with Gasteiger partial charge in [-0.05, 0) is 18.8 Å². The monoisotopic (exact) mass is 566 g/mol. The van der Waals surface area contributed by atoms with E-state index in [0.29, 0.717) is 6.54 Å². The zero-order chi connectivity index (χ0) is 29.0. The van der Waals surface area contributed by atoms with Crippen molar-refractivity contribution in [2.45, 2.75) is 219 Å². The highest BCUT2D eigenvalue weighted by Crippen LogP contribution is 2.21. The predicted octanol–water partition coefficient (Wildman–Crippen LogP) is 13.1. The number of hydrogen-bond acceptors (Lipinski definition) is 2. The summed E-state index contributed by atoms with van der Waals surface area (Å²) >= 11 is 0. The molecule has 0 bridgehead atoms. The minimum atomic E-state index is 0.657. The molecule has 1 atom stereocenters. The molecule has 0 amide bonds. The van der Waals surface area contributed by atoms with Gasteiger partial charge in [0.15, 0.2) is 0 Å². The first-order valence-corrected chi connectivity index (χ1v) is 19.1. The van der Waals surface area contributed by atoms with Crippen molar-refractivity contribution in [3.8, 4) is 0 Å². The van der Waals surface area contributed by atoms with Gasteiger partial charge in [-0.2, -0.15) is 0 Å². The Hall–Kier alpha value is -0.0800. The van der Waals surface area contributed by atoms with E-state index in [-0.39, 0.29) is 0 Å². The van der Waals surface area contributed by atoms with Crippen LogP contribution in [-0.4, -0.2) is 19.8 Å². The molecular formula is C38H79NO. The number of unbranched alkanes of at least 4 members (excludes halogenated alkanes) is 28. The van der Waals surface area contributed by atoms with Crippen molar-refractivity contribution in [3.63, 3.8) is 0 Å². The summed E-state index contributed by atoms with van der Waals surface area (Å²) in [4.78, 5) is 0. The molecular weight excluding hydrogens is 486 g/mol. The molecule has 0 aromatic rings. The fourth-order valence-electron chi connectivity index (χ4n) is 6.25. The van der Waals surface area contributed by atoms with Crippen LogP contribution in [0.5, 0.6) is 0 Å². The maximum absolute atomic E-state index is 5.87. The lowest BCUT2D eigenvalue weighted by molar-refractivity contribution is 0.0966. The van der Waals surface area contributed by atoms with Gasteiger partial charge in [-0.3, -0.25) is 0 Å². The fourth-order valence-corrected chi connectivity index (χ4v) is 6.25. The van der Waals surface area contributed by atoms with Crippen molar-refractivity contribution in [1.82, 2.24) is 0 Å². The minimum Gasteiger partial charge on any atom is -0.380 e. The van der Waals surface area contributed by atoms with Gasteiger partial charge in [-0.1, -0.05) is 206 Å². The third-order valence-corrected chi connectivity index (χ3v) is 9.05. The van der Waals surface area contributed by atoms with Crippen LogP contribution in [0.3, 0.4) is 0 Å². The van der Waals surface area contributed by atoms with Crippen molar-refractivity contribution < 1.29 is 4.74 Å². The quantitative estimate of drug-likeness (QED) is 0.0767. The molecule has 0 heterocycles. The molecule has 2 N–H and O–H groups in total. The Balaban J connectivity index is 3.53. The van der Waals surface area contributed by atoms with Crippen LogP contribution in [-0.2, 0) is 4.74 Å². The summed E-state index contributed by atoms with van der Waals surface area (Å²) < 4.78 is 5.87. The first-order chi connectivity index (χ1) is 19.8. The molecule has 1 unspecified atom stereocenters. The molecule has 0 aromatic heterocycles. The van der Waals surface area contributed by atoms with Crippen LogP contribution in [0.25, 0.3) is 0 Å². The highest BCUT2D eigenvalue weighted by molar-refractivity contribution is 4.61. The van der Waals surface area contributed by atoms with Gasteiger partial charge in [0, 0.05) is 13.2 Å². The number of hydrogen-bond donors (Lipinski definition) is 1. The number of nitrogens with two attached hydrogens (primary N) is 1. The highest BCUT2D eigenvalue weighted by Gasteiger charge is 2.09. The molecule has 0 spiro atoms. The minimum absolute atomic E-state index is 0.657. The molecule has 0 rings (SSSR count). The summed E-state index contributed by atoms with van der Waals surface area (Å²) in [6.45, 7) is 6.94. The topological polar surface area (TPSA) is 35.2 Å². The van der Waals surface area contributed by atoms with Crippen LogP contribution in [0.2, 0.25) is 0 Å². The van der Waals surface area contributed by atoms with E-state index < -0.39 is 0 Å². The Bertz CT molecular complexity index is 426. The summed E-state index contributed by atoms with van der Waals surface area (Å²) in [5, 5.41) is 0. The summed E-state index contributed by atoms with van der Waals surface area (Å²) in [6.07, 6.45) is 46.1. The lowest BCUT2D eigenvalue weighted by Crippen LogP contribution is -2.15. The van der Waals surface area contributed by atoms with Gasteiger partial charge in [-0.25, -0.2) is 0 Å². The zero-order valence-electron chi connectivity index (χ0n) is 28.3. The summed E-state index contributed by atoms with van der Waals surface area (Å²) in [5.74, 6) is 0.760. The van der Waals surface area contributed by atoms with Gasteiger partial charge in [-0.15, -0.1) is 0 Å². The van der Waals surface area contributed by atoms with Crippen LogP contribution in [0.4, 0.5) is 0 Å². The summed E-state index contributed by atoms with van der Waals surface area (Å²) in [7, 11) is 0. The SMILES string of the molecule is CCCCCCCCCCCCCCCCCCC(CCCCCCCCCCCCCCCC)COCCN. The molecule has 0 radical (unpaired) electrons. The van der Waals surface area contributed by atoms with Gasteiger partial charge in [0.2, 0.25) is 0 Å². The van der Waals surface area contributed by atoms with Crippen LogP contribution >= 0.6 is 0 Å². The molecule has 2 heteroatoms. The Morgan fingerprint density at radius 1 is 0.375 bits per heavy atom. The smallest absolute Gasteiger partial charge is 0.0588 e. The third-order valence-electron chi connectivity index (χ3n) is 9.05. The van der Waals surface area contributed by atoms with Crippen LogP contribution in [0, 0.1) is 5.92 Å². The first kappa shape index (κ1) is 39.9. The van der Waals surface area contributed by atoms with E-state index in [4.69, 9.17) is 10.5 Å². The summed E-state index contributed by atoms with van der Waals surface area (Å²) in [5.41, 5.74) is 5.66. The Morgan fingerprint density at radius 2 is 0.625 bits per heavy atom. The van der Waals surface area contributed by atoms with Crippen LogP contribution < -0.4 is 5.73 Å². The molecule has 0 aromatic carbocycles. The number of ether oxygens (including phenoxy) is 1. The molecule has 0 saturated heterocycles. The molecule has 2 nitrogen and oxygen atoms in total. The van der Waals surface area contributed by atoms with Crippen molar-refractivity contribution in [2.24, 2.45) is 11.7 Å². The van der Waals surface area contributed by atoms with Gasteiger partial charge >= 0.3 is 0 Å². The second kappa shape index (κ2) is 36.9. The normalized spacial score (nSPS) is 12.4. The molecule has 242 valence electrons. The lowest BCUT2D eigenvalue weighted by Gasteiger charge is -2.17. The average molecular weight is 566 g/mol. The second-order valence-electron chi connectivity index (χ2n) is 13.2. The van der Waals surface area contributed by atoms with Crippen molar-refractivity contribution in [2.75, 3.05) is 19.8 Å². The second-order valence-corrected chi connectivity index (χ2v) is 13.2. The maximum atomic E-state index is 5.87.